The van der Waals surface area contributed by atoms with Gasteiger partial charge < -0.3 is 5.32 Å². The lowest BCUT2D eigenvalue weighted by Crippen LogP contribution is -2.38. The molecule has 0 fully saturated rings. The number of benzene rings is 1. The zero-order valence-corrected chi connectivity index (χ0v) is 10.0. The van der Waals surface area contributed by atoms with Gasteiger partial charge in [-0.15, -0.1) is 0 Å². The minimum absolute atomic E-state index is 0.0925. The molecule has 0 heterocycles. The molecule has 2 N–H and O–H groups in total. The van der Waals surface area contributed by atoms with Crippen molar-refractivity contribution in [3.05, 3.63) is 66.0 Å². The van der Waals surface area contributed by atoms with Crippen molar-refractivity contribution in [3.8, 4) is 0 Å². The molecule has 1 aromatic carbocycles. The highest BCUT2D eigenvalue weighted by Crippen LogP contribution is 2.06. The van der Waals surface area contributed by atoms with E-state index in [2.05, 4.69) is 10.6 Å². The molecule has 0 spiro atoms. The van der Waals surface area contributed by atoms with E-state index in [0.717, 1.165) is 12.5 Å². The van der Waals surface area contributed by atoms with Crippen LogP contribution in [0.5, 0.6) is 0 Å². The molecule has 1 radical (unpaired) electrons. The maximum atomic E-state index is 12.9. The first-order valence-electron chi connectivity index (χ1n) is 5.73. The predicted octanol–water partition coefficient (Wildman–Crippen LogP) is 2.31. The standard InChI is InChI=1S/C14H12FN2O2/c15-11-6-4-5-10(9-11)13(18)17-14(19)16-12-7-2-1-3-8-12/h2-9H,1H2,(H2,16,17,18,19). The summed E-state index contributed by atoms with van der Waals surface area (Å²) < 4.78 is 12.9. The van der Waals surface area contributed by atoms with E-state index >= 15 is 0 Å². The van der Waals surface area contributed by atoms with Gasteiger partial charge in [0.15, 0.2) is 0 Å². The van der Waals surface area contributed by atoms with Gasteiger partial charge in [-0.25, -0.2) is 9.18 Å². The van der Waals surface area contributed by atoms with Gasteiger partial charge in [-0.05, 0) is 37.1 Å². The highest BCUT2D eigenvalue weighted by atomic mass is 19.1. The average molecular weight is 259 g/mol. The van der Waals surface area contributed by atoms with Crippen LogP contribution in [0.2, 0.25) is 0 Å². The molecule has 3 amide bonds. The summed E-state index contributed by atoms with van der Waals surface area (Å²) in [6, 6.07) is 4.48. The van der Waals surface area contributed by atoms with Gasteiger partial charge in [0, 0.05) is 11.3 Å². The Hall–Kier alpha value is -2.43. The second-order valence-corrected chi connectivity index (χ2v) is 3.91. The highest BCUT2D eigenvalue weighted by Gasteiger charge is 2.11. The first-order valence-corrected chi connectivity index (χ1v) is 5.73. The van der Waals surface area contributed by atoms with Crippen LogP contribution in [0.15, 0.2) is 48.2 Å². The molecule has 0 aromatic heterocycles. The van der Waals surface area contributed by atoms with Crippen molar-refractivity contribution in [1.82, 2.24) is 10.6 Å². The Balaban J connectivity index is 1.93. The third-order valence-corrected chi connectivity index (χ3v) is 2.44. The SMILES string of the molecule is O=C(NC(=O)c1cccc(F)c1)NC1=C[CH]CC=C1. The monoisotopic (exact) mass is 259 g/mol. The van der Waals surface area contributed by atoms with Crippen molar-refractivity contribution in [2.45, 2.75) is 6.42 Å². The van der Waals surface area contributed by atoms with Crippen LogP contribution in [0.3, 0.4) is 0 Å². The van der Waals surface area contributed by atoms with E-state index in [9.17, 15) is 14.0 Å². The van der Waals surface area contributed by atoms with Gasteiger partial charge in [-0.1, -0.05) is 18.2 Å². The number of hydrogen-bond donors (Lipinski definition) is 2. The molecule has 0 unspecified atom stereocenters. The van der Waals surface area contributed by atoms with E-state index in [4.69, 9.17) is 0 Å². The molecule has 0 aliphatic heterocycles. The molecule has 2 rings (SSSR count). The van der Waals surface area contributed by atoms with E-state index in [0.29, 0.717) is 5.70 Å². The van der Waals surface area contributed by atoms with Crippen LogP contribution in [0.1, 0.15) is 16.8 Å². The normalized spacial score (nSPS) is 13.6. The van der Waals surface area contributed by atoms with Gasteiger partial charge >= 0.3 is 6.03 Å². The lowest BCUT2D eigenvalue weighted by molar-refractivity contribution is 0.0964. The molecule has 0 saturated carbocycles. The van der Waals surface area contributed by atoms with Gasteiger partial charge in [0.05, 0.1) is 0 Å². The summed E-state index contributed by atoms with van der Waals surface area (Å²) in [5, 5.41) is 4.64. The van der Waals surface area contributed by atoms with Crippen LogP contribution in [0.4, 0.5) is 9.18 Å². The molecule has 0 bridgehead atoms. The van der Waals surface area contributed by atoms with Crippen LogP contribution < -0.4 is 10.6 Å². The molecule has 0 atom stereocenters. The van der Waals surface area contributed by atoms with E-state index in [-0.39, 0.29) is 5.56 Å². The number of carbonyl (C=O) groups excluding carboxylic acids is 2. The van der Waals surface area contributed by atoms with Crippen LogP contribution in [0.25, 0.3) is 0 Å². The van der Waals surface area contributed by atoms with Crippen molar-refractivity contribution in [1.29, 1.82) is 0 Å². The van der Waals surface area contributed by atoms with Crippen LogP contribution in [0, 0.1) is 12.2 Å². The fraction of sp³-hybridized carbons (Fsp3) is 0.0714. The van der Waals surface area contributed by atoms with Crippen molar-refractivity contribution in [2.24, 2.45) is 0 Å². The number of nitrogens with one attached hydrogen (secondary N) is 2. The van der Waals surface area contributed by atoms with E-state index in [1.54, 1.807) is 12.2 Å². The zero-order valence-electron chi connectivity index (χ0n) is 10.0. The van der Waals surface area contributed by atoms with Crippen LogP contribution in [-0.4, -0.2) is 11.9 Å². The van der Waals surface area contributed by atoms with E-state index in [1.165, 1.54) is 18.2 Å². The minimum atomic E-state index is -0.652. The highest BCUT2D eigenvalue weighted by molar-refractivity contribution is 6.04. The van der Waals surface area contributed by atoms with E-state index < -0.39 is 17.8 Å². The summed E-state index contributed by atoms with van der Waals surface area (Å²) in [5.74, 6) is -1.18. The van der Waals surface area contributed by atoms with Crippen molar-refractivity contribution in [2.75, 3.05) is 0 Å². The number of allylic oxidation sites excluding steroid dienone is 3. The molecular formula is C14H12FN2O2. The molecule has 4 nitrogen and oxygen atoms in total. The molecule has 1 aromatic rings. The lowest BCUT2D eigenvalue weighted by atomic mass is 10.1. The maximum Gasteiger partial charge on any atom is 0.326 e. The van der Waals surface area contributed by atoms with Crippen molar-refractivity contribution in [3.63, 3.8) is 0 Å². The number of urea groups is 1. The molecule has 5 heteroatoms. The second-order valence-electron chi connectivity index (χ2n) is 3.91. The van der Waals surface area contributed by atoms with Gasteiger partial charge in [0.1, 0.15) is 5.82 Å². The van der Waals surface area contributed by atoms with Crippen LogP contribution in [-0.2, 0) is 0 Å². The molecular weight excluding hydrogens is 247 g/mol. The smallest absolute Gasteiger partial charge is 0.308 e. The fourth-order valence-electron chi connectivity index (χ4n) is 1.57. The van der Waals surface area contributed by atoms with Gasteiger partial charge in [-0.3, -0.25) is 10.1 Å². The van der Waals surface area contributed by atoms with E-state index in [1.807, 2.05) is 12.5 Å². The maximum absolute atomic E-state index is 12.9. The Bertz CT molecular complexity index is 564. The number of amides is 3. The fourth-order valence-corrected chi connectivity index (χ4v) is 1.57. The number of hydrogen-bond acceptors (Lipinski definition) is 2. The number of imide groups is 1. The molecule has 19 heavy (non-hydrogen) atoms. The Kier molecular flexibility index (Phi) is 4.07. The van der Waals surface area contributed by atoms with Crippen molar-refractivity contribution < 1.29 is 14.0 Å². The van der Waals surface area contributed by atoms with Crippen molar-refractivity contribution >= 4 is 11.9 Å². The Morgan fingerprint density at radius 1 is 1.26 bits per heavy atom. The Labute approximate surface area is 110 Å². The second kappa shape index (κ2) is 5.95. The van der Waals surface area contributed by atoms with Gasteiger partial charge in [0.2, 0.25) is 0 Å². The third-order valence-electron chi connectivity index (χ3n) is 2.44. The lowest BCUT2D eigenvalue weighted by Gasteiger charge is -2.09. The van der Waals surface area contributed by atoms with Crippen LogP contribution >= 0.6 is 0 Å². The average Bonchev–Trinajstić information content (AvgIpc) is 2.39. The molecule has 97 valence electrons. The number of rotatable bonds is 2. The zero-order chi connectivity index (χ0) is 13.7. The summed E-state index contributed by atoms with van der Waals surface area (Å²) in [6.07, 6.45) is 8.06. The third kappa shape index (κ3) is 3.77. The quantitative estimate of drug-likeness (QED) is 0.856. The summed E-state index contributed by atoms with van der Waals surface area (Å²) >= 11 is 0. The van der Waals surface area contributed by atoms with Gasteiger partial charge in [0.25, 0.3) is 5.91 Å². The largest absolute Gasteiger partial charge is 0.326 e. The number of halogens is 1. The summed E-state index contributed by atoms with van der Waals surface area (Å²) in [6.45, 7) is 0. The summed E-state index contributed by atoms with van der Waals surface area (Å²) in [4.78, 5) is 23.2. The Morgan fingerprint density at radius 3 is 2.79 bits per heavy atom. The first kappa shape index (κ1) is 13.0. The van der Waals surface area contributed by atoms with Gasteiger partial charge in [-0.2, -0.15) is 0 Å². The summed E-state index contributed by atoms with van der Waals surface area (Å²) in [7, 11) is 0. The Morgan fingerprint density at radius 2 is 2.11 bits per heavy atom. The number of carbonyl (C=O) groups is 2. The first-order chi connectivity index (χ1) is 9.15. The summed E-state index contributed by atoms with van der Waals surface area (Å²) in [5.41, 5.74) is 0.686. The topological polar surface area (TPSA) is 58.2 Å². The molecule has 0 saturated heterocycles. The molecule has 1 aliphatic rings. The predicted molar refractivity (Wildman–Crippen MR) is 68.5 cm³/mol. The minimum Gasteiger partial charge on any atom is -0.308 e. The molecule has 1 aliphatic carbocycles.